The van der Waals surface area contributed by atoms with E-state index in [0.717, 1.165) is 34.8 Å². The normalized spacial score (nSPS) is 12.7. The largest absolute Gasteiger partial charge is 0.308 e. The van der Waals surface area contributed by atoms with Gasteiger partial charge in [-0.05, 0) is 43.7 Å². The molecule has 0 aliphatic rings. The lowest BCUT2D eigenvalue weighted by Crippen LogP contribution is -2.22. The quantitative estimate of drug-likeness (QED) is 0.896. The Morgan fingerprint density at radius 2 is 2.05 bits per heavy atom. The van der Waals surface area contributed by atoms with E-state index in [1.54, 1.807) is 6.20 Å². The van der Waals surface area contributed by atoms with E-state index in [1.165, 1.54) is 0 Å². The van der Waals surface area contributed by atoms with Gasteiger partial charge in [0, 0.05) is 11.6 Å². The van der Waals surface area contributed by atoms with Gasteiger partial charge in [0.15, 0.2) is 0 Å². The van der Waals surface area contributed by atoms with E-state index in [4.69, 9.17) is 23.2 Å². The molecule has 1 aromatic carbocycles. The summed E-state index contributed by atoms with van der Waals surface area (Å²) in [7, 11) is 1.92. The molecule has 1 aromatic heterocycles. The predicted molar refractivity (Wildman–Crippen MR) is 84.6 cm³/mol. The highest BCUT2D eigenvalue weighted by molar-refractivity contribution is 6.31. The minimum absolute atomic E-state index is 0.0195. The first-order chi connectivity index (χ1) is 9.56. The molecule has 108 valence electrons. The maximum Gasteiger partial charge on any atom is 0.0837 e. The molecule has 0 radical (unpaired) electrons. The molecular weight excluding hydrogens is 293 g/mol. The summed E-state index contributed by atoms with van der Waals surface area (Å²) in [6.45, 7) is 5.00. The SMILES string of the molecule is CCCn1ncc(Cl)c1C(NC)c1cc(C)cc(Cl)c1. The van der Waals surface area contributed by atoms with Crippen LogP contribution in [0.3, 0.4) is 0 Å². The predicted octanol–water partition coefficient (Wildman–Crippen LogP) is 4.22. The average molecular weight is 312 g/mol. The van der Waals surface area contributed by atoms with Crippen molar-refractivity contribution in [2.24, 2.45) is 0 Å². The Balaban J connectivity index is 2.49. The summed E-state index contributed by atoms with van der Waals surface area (Å²) in [5, 5.41) is 9.08. The number of hydrogen-bond acceptors (Lipinski definition) is 2. The van der Waals surface area contributed by atoms with E-state index >= 15 is 0 Å². The Labute approximate surface area is 129 Å². The van der Waals surface area contributed by atoms with E-state index in [9.17, 15) is 0 Å². The number of aryl methyl sites for hydroxylation is 2. The Morgan fingerprint density at radius 1 is 1.30 bits per heavy atom. The van der Waals surface area contributed by atoms with Gasteiger partial charge in [-0.1, -0.05) is 36.2 Å². The minimum Gasteiger partial charge on any atom is -0.308 e. The first kappa shape index (κ1) is 15.4. The van der Waals surface area contributed by atoms with Crippen molar-refractivity contribution in [3.8, 4) is 0 Å². The summed E-state index contributed by atoms with van der Waals surface area (Å²) in [6.07, 6.45) is 2.71. The van der Waals surface area contributed by atoms with E-state index < -0.39 is 0 Å². The van der Waals surface area contributed by atoms with Gasteiger partial charge < -0.3 is 5.32 Å². The van der Waals surface area contributed by atoms with Gasteiger partial charge in [0.25, 0.3) is 0 Å². The summed E-state index contributed by atoms with van der Waals surface area (Å²) >= 11 is 12.5. The fourth-order valence-electron chi connectivity index (χ4n) is 2.44. The summed E-state index contributed by atoms with van der Waals surface area (Å²) in [6, 6.07) is 6.01. The van der Waals surface area contributed by atoms with Crippen LogP contribution in [0.25, 0.3) is 0 Å². The van der Waals surface area contributed by atoms with Crippen molar-refractivity contribution >= 4 is 23.2 Å². The van der Waals surface area contributed by atoms with Crippen molar-refractivity contribution < 1.29 is 0 Å². The Kier molecular flexibility index (Phi) is 5.08. The molecule has 0 bridgehead atoms. The first-order valence-corrected chi connectivity index (χ1v) is 7.48. The summed E-state index contributed by atoms with van der Waals surface area (Å²) < 4.78 is 1.96. The van der Waals surface area contributed by atoms with Crippen LogP contribution in [-0.2, 0) is 6.54 Å². The molecule has 0 aliphatic carbocycles. The molecule has 1 unspecified atom stereocenters. The third-order valence-electron chi connectivity index (χ3n) is 3.23. The minimum atomic E-state index is -0.0195. The molecule has 3 nitrogen and oxygen atoms in total. The molecule has 1 atom stereocenters. The lowest BCUT2D eigenvalue weighted by atomic mass is 10.0. The molecule has 0 fully saturated rings. The molecule has 20 heavy (non-hydrogen) atoms. The zero-order valence-corrected chi connectivity index (χ0v) is 13.5. The summed E-state index contributed by atoms with van der Waals surface area (Å²) in [5.74, 6) is 0. The monoisotopic (exact) mass is 311 g/mol. The maximum atomic E-state index is 6.33. The third-order valence-corrected chi connectivity index (χ3v) is 3.74. The Hall–Kier alpha value is -1.03. The molecule has 0 saturated carbocycles. The number of hydrogen-bond donors (Lipinski definition) is 1. The molecule has 0 amide bonds. The van der Waals surface area contributed by atoms with E-state index in [2.05, 4.69) is 23.4 Å². The number of halogens is 2. The standard InChI is InChI=1S/C15H19Cl2N3/c1-4-5-20-15(13(17)9-19-20)14(18-3)11-6-10(2)7-12(16)8-11/h6-9,14,18H,4-5H2,1-3H3. The van der Waals surface area contributed by atoms with Gasteiger partial charge in [-0.15, -0.1) is 0 Å². The molecular formula is C15H19Cl2N3. The second-order valence-electron chi connectivity index (χ2n) is 4.88. The Bertz CT molecular complexity index is 573. The van der Waals surface area contributed by atoms with Crippen molar-refractivity contribution in [2.75, 3.05) is 7.05 Å². The van der Waals surface area contributed by atoms with Crippen molar-refractivity contribution in [2.45, 2.75) is 32.9 Å². The van der Waals surface area contributed by atoms with Crippen LogP contribution in [-0.4, -0.2) is 16.8 Å². The van der Waals surface area contributed by atoms with Gasteiger partial charge in [0.05, 0.1) is 23.0 Å². The first-order valence-electron chi connectivity index (χ1n) is 6.72. The van der Waals surface area contributed by atoms with E-state index in [1.807, 2.05) is 30.8 Å². The lowest BCUT2D eigenvalue weighted by molar-refractivity contribution is 0.534. The van der Waals surface area contributed by atoms with Gasteiger partial charge in [0.2, 0.25) is 0 Å². The van der Waals surface area contributed by atoms with Crippen LogP contribution >= 0.6 is 23.2 Å². The summed E-state index contributed by atoms with van der Waals surface area (Å²) in [5.41, 5.74) is 3.21. The second kappa shape index (κ2) is 6.61. The molecule has 2 aromatic rings. The lowest BCUT2D eigenvalue weighted by Gasteiger charge is -2.20. The fraction of sp³-hybridized carbons (Fsp3) is 0.400. The molecule has 5 heteroatoms. The van der Waals surface area contributed by atoms with Gasteiger partial charge in [-0.25, -0.2) is 0 Å². The highest BCUT2D eigenvalue weighted by Gasteiger charge is 2.21. The van der Waals surface area contributed by atoms with Crippen LogP contribution in [0, 0.1) is 6.92 Å². The molecule has 0 spiro atoms. The van der Waals surface area contributed by atoms with Crippen LogP contribution in [0.1, 0.15) is 36.2 Å². The smallest absolute Gasteiger partial charge is 0.0837 e. The van der Waals surface area contributed by atoms with Gasteiger partial charge >= 0.3 is 0 Å². The average Bonchev–Trinajstić information content (AvgIpc) is 2.72. The highest BCUT2D eigenvalue weighted by atomic mass is 35.5. The van der Waals surface area contributed by atoms with E-state index in [-0.39, 0.29) is 6.04 Å². The number of nitrogens with zero attached hydrogens (tertiary/aromatic N) is 2. The number of aromatic nitrogens is 2. The number of nitrogens with one attached hydrogen (secondary N) is 1. The zero-order valence-electron chi connectivity index (χ0n) is 12.0. The van der Waals surface area contributed by atoms with Crippen molar-refractivity contribution in [1.82, 2.24) is 15.1 Å². The topological polar surface area (TPSA) is 29.9 Å². The molecule has 1 heterocycles. The van der Waals surface area contributed by atoms with Crippen LogP contribution < -0.4 is 5.32 Å². The van der Waals surface area contributed by atoms with Crippen LogP contribution in [0.15, 0.2) is 24.4 Å². The molecule has 0 saturated heterocycles. The van der Waals surface area contributed by atoms with Crippen LogP contribution in [0.5, 0.6) is 0 Å². The van der Waals surface area contributed by atoms with Crippen molar-refractivity contribution in [1.29, 1.82) is 0 Å². The molecule has 2 rings (SSSR count). The zero-order chi connectivity index (χ0) is 14.7. The van der Waals surface area contributed by atoms with Crippen molar-refractivity contribution in [3.63, 3.8) is 0 Å². The number of benzene rings is 1. The van der Waals surface area contributed by atoms with Gasteiger partial charge in [-0.2, -0.15) is 5.10 Å². The van der Waals surface area contributed by atoms with Gasteiger partial charge in [0.1, 0.15) is 0 Å². The van der Waals surface area contributed by atoms with E-state index in [0.29, 0.717) is 5.02 Å². The maximum absolute atomic E-state index is 6.33. The van der Waals surface area contributed by atoms with Gasteiger partial charge in [-0.3, -0.25) is 4.68 Å². The van der Waals surface area contributed by atoms with Crippen molar-refractivity contribution in [3.05, 3.63) is 51.3 Å². The second-order valence-corrected chi connectivity index (χ2v) is 5.73. The molecule has 1 N–H and O–H groups in total. The Morgan fingerprint density at radius 3 is 2.65 bits per heavy atom. The number of rotatable bonds is 5. The third kappa shape index (κ3) is 3.17. The van der Waals surface area contributed by atoms with Crippen LogP contribution in [0.4, 0.5) is 0 Å². The highest BCUT2D eigenvalue weighted by Crippen LogP contribution is 2.30. The van der Waals surface area contributed by atoms with Crippen LogP contribution in [0.2, 0.25) is 10.0 Å². The summed E-state index contributed by atoms with van der Waals surface area (Å²) in [4.78, 5) is 0. The fourth-order valence-corrected chi connectivity index (χ4v) is 2.99. The molecule has 0 aliphatic heterocycles.